The van der Waals surface area contributed by atoms with Crippen LogP contribution in [0.2, 0.25) is 0 Å². The normalized spacial score (nSPS) is 20.5. The van der Waals surface area contributed by atoms with Gasteiger partial charge in [-0.1, -0.05) is 6.07 Å². The molecule has 0 aromatic carbocycles. The second kappa shape index (κ2) is 6.00. The van der Waals surface area contributed by atoms with E-state index in [4.69, 9.17) is 5.73 Å². The molecule has 1 aromatic heterocycles. The Morgan fingerprint density at radius 3 is 3.00 bits per heavy atom. The number of likely N-dealkylation sites (tertiary alicyclic amines) is 1. The largest absolute Gasteiger partial charge is 0.340 e. The summed E-state index contributed by atoms with van der Waals surface area (Å²) in [7, 11) is -3.57. The molecule has 0 spiro atoms. The molecule has 1 atom stereocenters. The van der Waals surface area contributed by atoms with E-state index in [1.165, 1.54) is 6.07 Å². The Hall–Kier alpha value is -0.960. The fraction of sp³-hybridized carbons (Fsp3) is 0.545. The lowest BCUT2D eigenvalue weighted by Crippen LogP contribution is -2.48. The molecule has 0 radical (unpaired) electrons. The van der Waals surface area contributed by atoms with Crippen molar-refractivity contribution in [3.63, 3.8) is 0 Å². The van der Waals surface area contributed by atoms with Crippen molar-refractivity contribution in [1.29, 1.82) is 0 Å². The van der Waals surface area contributed by atoms with Gasteiger partial charge >= 0.3 is 0 Å². The fourth-order valence-corrected chi connectivity index (χ4v) is 4.00. The van der Waals surface area contributed by atoms with E-state index < -0.39 is 10.0 Å². The van der Waals surface area contributed by atoms with E-state index in [1.54, 1.807) is 16.3 Å². The number of piperidine rings is 1. The highest BCUT2D eigenvalue weighted by molar-refractivity contribution is 7.91. The van der Waals surface area contributed by atoms with E-state index in [0.717, 1.165) is 24.2 Å². The third kappa shape index (κ3) is 3.75. The van der Waals surface area contributed by atoms with E-state index in [1.807, 2.05) is 0 Å². The van der Waals surface area contributed by atoms with E-state index in [2.05, 4.69) is 4.72 Å². The molecule has 1 aromatic rings. The predicted octanol–water partition coefficient (Wildman–Crippen LogP) is -0.0239. The number of hydrogen-bond acceptors (Lipinski definition) is 5. The molecule has 0 bridgehead atoms. The minimum atomic E-state index is -3.57. The summed E-state index contributed by atoms with van der Waals surface area (Å²) in [6, 6.07) is 3.16. The number of carbonyl (C=O) groups excluding carboxylic acids is 1. The summed E-state index contributed by atoms with van der Waals surface area (Å²) in [6.45, 7) is 0.930. The van der Waals surface area contributed by atoms with Gasteiger partial charge in [-0.3, -0.25) is 4.79 Å². The van der Waals surface area contributed by atoms with E-state index in [9.17, 15) is 13.2 Å². The van der Waals surface area contributed by atoms with Gasteiger partial charge < -0.3 is 10.6 Å². The van der Waals surface area contributed by atoms with Gasteiger partial charge in [0, 0.05) is 19.1 Å². The zero-order valence-corrected chi connectivity index (χ0v) is 12.0. The number of hydrogen-bond donors (Lipinski definition) is 2. The Balaban J connectivity index is 1.90. The van der Waals surface area contributed by atoms with Gasteiger partial charge in [0.15, 0.2) is 0 Å². The van der Waals surface area contributed by atoms with Crippen molar-refractivity contribution in [3.05, 3.63) is 17.5 Å². The van der Waals surface area contributed by atoms with Gasteiger partial charge in [-0.05, 0) is 24.3 Å². The molecule has 0 saturated carbocycles. The molecule has 1 saturated heterocycles. The van der Waals surface area contributed by atoms with Crippen LogP contribution >= 0.6 is 11.3 Å². The lowest BCUT2D eigenvalue weighted by molar-refractivity contribution is -0.131. The zero-order chi connectivity index (χ0) is 13.9. The summed E-state index contributed by atoms with van der Waals surface area (Å²) >= 11 is 1.12. The molecular formula is C11H17N3O3S2. The molecule has 6 nitrogen and oxygen atoms in total. The van der Waals surface area contributed by atoms with Crippen LogP contribution in [0.5, 0.6) is 0 Å². The molecule has 2 rings (SSSR count). The van der Waals surface area contributed by atoms with Crippen LogP contribution in [0.3, 0.4) is 0 Å². The van der Waals surface area contributed by atoms with Gasteiger partial charge in [-0.25, -0.2) is 13.1 Å². The van der Waals surface area contributed by atoms with E-state index >= 15 is 0 Å². The van der Waals surface area contributed by atoms with Gasteiger partial charge in [-0.2, -0.15) is 0 Å². The maximum atomic E-state index is 11.9. The molecule has 1 amide bonds. The van der Waals surface area contributed by atoms with Gasteiger partial charge in [-0.15, -0.1) is 11.3 Å². The van der Waals surface area contributed by atoms with Crippen molar-refractivity contribution in [2.24, 2.45) is 5.73 Å². The third-order valence-corrected chi connectivity index (χ3v) is 5.78. The van der Waals surface area contributed by atoms with Gasteiger partial charge in [0.05, 0.1) is 6.54 Å². The van der Waals surface area contributed by atoms with Gasteiger partial charge in [0.1, 0.15) is 4.21 Å². The van der Waals surface area contributed by atoms with Crippen LogP contribution in [0.1, 0.15) is 12.8 Å². The van der Waals surface area contributed by atoms with Crippen molar-refractivity contribution in [2.75, 3.05) is 19.6 Å². The molecule has 0 aliphatic carbocycles. The predicted molar refractivity (Wildman–Crippen MR) is 73.3 cm³/mol. The summed E-state index contributed by atoms with van der Waals surface area (Å²) in [5, 5.41) is 1.68. The average Bonchev–Trinajstić information content (AvgIpc) is 2.90. The second-order valence-electron chi connectivity index (χ2n) is 4.50. The first kappa shape index (κ1) is 14.4. The summed E-state index contributed by atoms with van der Waals surface area (Å²) in [5.74, 6) is -0.227. The Morgan fingerprint density at radius 1 is 1.58 bits per heavy atom. The highest BCUT2D eigenvalue weighted by atomic mass is 32.2. The smallest absolute Gasteiger partial charge is 0.250 e. The van der Waals surface area contributed by atoms with Crippen molar-refractivity contribution in [1.82, 2.24) is 9.62 Å². The third-order valence-electron chi connectivity index (χ3n) is 2.98. The standard InChI is InChI=1S/C11H17N3O3S2/c12-9-3-1-5-14(8-9)10(15)7-13-19(16,17)11-4-2-6-18-11/h2,4,6,9,13H,1,3,5,7-8,12H2. The first-order chi connectivity index (χ1) is 8.99. The maximum absolute atomic E-state index is 11.9. The second-order valence-corrected chi connectivity index (χ2v) is 7.44. The first-order valence-corrected chi connectivity index (χ1v) is 8.42. The number of sulfonamides is 1. The summed E-state index contributed by atoms with van der Waals surface area (Å²) < 4.78 is 26.2. The topological polar surface area (TPSA) is 92.5 Å². The summed E-state index contributed by atoms with van der Waals surface area (Å²) in [6.07, 6.45) is 1.77. The summed E-state index contributed by atoms with van der Waals surface area (Å²) in [4.78, 5) is 13.5. The van der Waals surface area contributed by atoms with Gasteiger partial charge in [0.25, 0.3) is 10.0 Å². The van der Waals surface area contributed by atoms with Gasteiger partial charge in [0.2, 0.25) is 5.91 Å². The lowest BCUT2D eigenvalue weighted by atomic mass is 10.1. The van der Waals surface area contributed by atoms with E-state index in [-0.39, 0.29) is 22.7 Å². The minimum absolute atomic E-state index is 0.00777. The van der Waals surface area contributed by atoms with Crippen LogP contribution in [0.25, 0.3) is 0 Å². The minimum Gasteiger partial charge on any atom is -0.340 e. The molecule has 1 fully saturated rings. The lowest BCUT2D eigenvalue weighted by Gasteiger charge is -2.30. The molecule has 106 valence electrons. The quantitative estimate of drug-likeness (QED) is 0.817. The molecule has 1 aliphatic heterocycles. The Morgan fingerprint density at radius 2 is 2.37 bits per heavy atom. The number of rotatable bonds is 4. The SMILES string of the molecule is NC1CCCN(C(=O)CNS(=O)(=O)c2cccs2)C1. The molecular weight excluding hydrogens is 286 g/mol. The van der Waals surface area contributed by atoms with Crippen LogP contribution in [0.15, 0.2) is 21.7 Å². The van der Waals surface area contributed by atoms with Crippen molar-refractivity contribution in [3.8, 4) is 0 Å². The molecule has 8 heteroatoms. The first-order valence-electron chi connectivity index (χ1n) is 6.05. The number of nitrogens with zero attached hydrogens (tertiary/aromatic N) is 1. The highest BCUT2D eigenvalue weighted by Crippen LogP contribution is 2.15. The van der Waals surface area contributed by atoms with E-state index in [0.29, 0.717) is 13.1 Å². The van der Waals surface area contributed by atoms with Crippen LogP contribution in [-0.2, 0) is 14.8 Å². The van der Waals surface area contributed by atoms with Crippen molar-refractivity contribution < 1.29 is 13.2 Å². The van der Waals surface area contributed by atoms with Crippen LogP contribution in [0.4, 0.5) is 0 Å². The van der Waals surface area contributed by atoms with Crippen LogP contribution in [-0.4, -0.2) is 44.9 Å². The number of nitrogens with one attached hydrogen (secondary N) is 1. The fourth-order valence-electron chi connectivity index (χ4n) is 1.99. The number of nitrogens with two attached hydrogens (primary N) is 1. The molecule has 2 heterocycles. The summed E-state index contributed by atoms with van der Waals surface area (Å²) in [5.41, 5.74) is 5.79. The molecule has 3 N–H and O–H groups in total. The monoisotopic (exact) mass is 303 g/mol. The van der Waals surface area contributed by atoms with Crippen molar-refractivity contribution in [2.45, 2.75) is 23.1 Å². The number of thiophene rings is 1. The Labute approximate surface area is 116 Å². The highest BCUT2D eigenvalue weighted by Gasteiger charge is 2.23. The Bertz CT molecular complexity index is 527. The van der Waals surface area contributed by atoms with Crippen LogP contribution < -0.4 is 10.5 Å². The molecule has 1 unspecified atom stereocenters. The van der Waals surface area contributed by atoms with Crippen molar-refractivity contribution >= 4 is 27.3 Å². The number of amides is 1. The number of carbonyl (C=O) groups is 1. The zero-order valence-electron chi connectivity index (χ0n) is 10.4. The Kier molecular flexibility index (Phi) is 4.56. The van der Waals surface area contributed by atoms with Crippen LogP contribution in [0, 0.1) is 0 Å². The average molecular weight is 303 g/mol. The maximum Gasteiger partial charge on any atom is 0.250 e. The molecule has 19 heavy (non-hydrogen) atoms. The molecule has 1 aliphatic rings.